The predicted molar refractivity (Wildman–Crippen MR) is 62.6 cm³/mol. The van der Waals surface area contributed by atoms with Crippen molar-refractivity contribution in [2.45, 2.75) is 25.1 Å². The highest BCUT2D eigenvalue weighted by Gasteiger charge is 2.21. The van der Waals surface area contributed by atoms with Gasteiger partial charge in [-0.1, -0.05) is 6.92 Å². The second kappa shape index (κ2) is 5.84. The molecule has 0 bridgehead atoms. The third kappa shape index (κ3) is 3.98. The van der Waals surface area contributed by atoms with Gasteiger partial charge < -0.3 is 4.42 Å². The van der Waals surface area contributed by atoms with Gasteiger partial charge in [-0.05, 0) is 25.6 Å². The highest BCUT2D eigenvalue weighted by Crippen LogP contribution is 2.17. The molecule has 1 aromatic heterocycles. The fourth-order valence-corrected chi connectivity index (χ4v) is 2.31. The Labute approximate surface area is 94.8 Å². The first kappa shape index (κ1) is 12.2. The molecule has 3 nitrogen and oxygen atoms in total. The molecule has 0 aromatic carbocycles. The summed E-state index contributed by atoms with van der Waals surface area (Å²) in [5.74, 6) is 2.53. The fraction of sp³-hybridized carbons (Fsp3) is 0.545. The molecule has 0 amide bonds. The maximum atomic E-state index is 9.02. The van der Waals surface area contributed by atoms with Crippen molar-refractivity contribution in [2.75, 3.05) is 12.3 Å². The molecule has 1 rings (SSSR count). The third-order valence-corrected chi connectivity index (χ3v) is 3.30. The molecule has 0 spiro atoms. The lowest BCUT2D eigenvalue weighted by atomic mass is 10.1. The van der Waals surface area contributed by atoms with Gasteiger partial charge in [0.05, 0.1) is 18.1 Å². The fourth-order valence-electron chi connectivity index (χ4n) is 1.26. The van der Waals surface area contributed by atoms with Crippen molar-refractivity contribution in [1.29, 1.82) is 5.26 Å². The molecule has 1 unspecified atom stereocenters. The molecule has 4 heteroatoms. The van der Waals surface area contributed by atoms with Crippen LogP contribution in [-0.2, 0) is 5.75 Å². The zero-order valence-electron chi connectivity index (χ0n) is 9.12. The molecule has 0 fully saturated rings. The summed E-state index contributed by atoms with van der Waals surface area (Å²) in [6, 6.07) is 6.12. The summed E-state index contributed by atoms with van der Waals surface area (Å²) in [7, 11) is 0. The first-order valence-electron chi connectivity index (χ1n) is 4.96. The number of hydrogen-bond donors (Lipinski definition) is 1. The van der Waals surface area contributed by atoms with E-state index in [1.54, 1.807) is 18.0 Å². The van der Waals surface area contributed by atoms with Crippen LogP contribution in [0.15, 0.2) is 22.8 Å². The summed E-state index contributed by atoms with van der Waals surface area (Å²) in [6.45, 7) is 4.74. The van der Waals surface area contributed by atoms with Gasteiger partial charge in [0.25, 0.3) is 0 Å². The molecule has 0 aliphatic carbocycles. The van der Waals surface area contributed by atoms with Crippen LogP contribution in [0.3, 0.4) is 0 Å². The molecular weight excluding hydrogens is 208 g/mol. The largest absolute Gasteiger partial charge is 0.468 e. The van der Waals surface area contributed by atoms with Crippen molar-refractivity contribution in [2.24, 2.45) is 0 Å². The van der Waals surface area contributed by atoms with Crippen molar-refractivity contribution in [3.63, 3.8) is 0 Å². The monoisotopic (exact) mass is 224 g/mol. The summed E-state index contributed by atoms with van der Waals surface area (Å²) in [6.07, 6.45) is 1.67. The van der Waals surface area contributed by atoms with Crippen LogP contribution >= 0.6 is 11.8 Å². The van der Waals surface area contributed by atoms with Gasteiger partial charge in [-0.25, -0.2) is 0 Å². The van der Waals surface area contributed by atoms with Gasteiger partial charge in [-0.3, -0.25) is 5.32 Å². The molecular formula is C11H16N2OS. The average Bonchev–Trinajstić information content (AvgIpc) is 2.71. The highest BCUT2D eigenvalue weighted by molar-refractivity contribution is 7.98. The first-order chi connectivity index (χ1) is 7.20. The number of rotatable bonds is 6. The number of nitrogens with one attached hydrogen (secondary N) is 1. The summed E-state index contributed by atoms with van der Waals surface area (Å²) in [4.78, 5) is 0. The Morgan fingerprint density at radius 3 is 3.00 bits per heavy atom. The van der Waals surface area contributed by atoms with Crippen LogP contribution in [0.5, 0.6) is 0 Å². The summed E-state index contributed by atoms with van der Waals surface area (Å²) in [5.41, 5.74) is -0.438. The molecule has 0 aliphatic heterocycles. The molecule has 15 heavy (non-hydrogen) atoms. The molecule has 1 atom stereocenters. The van der Waals surface area contributed by atoms with Crippen molar-refractivity contribution in [1.82, 2.24) is 5.32 Å². The Kier molecular flexibility index (Phi) is 4.73. The van der Waals surface area contributed by atoms with E-state index in [0.717, 1.165) is 23.8 Å². The minimum absolute atomic E-state index is 0.438. The minimum Gasteiger partial charge on any atom is -0.468 e. The lowest BCUT2D eigenvalue weighted by Crippen LogP contribution is -2.43. The molecule has 0 aliphatic rings. The highest BCUT2D eigenvalue weighted by atomic mass is 32.2. The molecule has 1 heterocycles. The summed E-state index contributed by atoms with van der Waals surface area (Å²) < 4.78 is 5.22. The average molecular weight is 224 g/mol. The lowest BCUT2D eigenvalue weighted by Gasteiger charge is -2.21. The number of furan rings is 1. The predicted octanol–water partition coefficient (Wildman–Crippen LogP) is 2.40. The molecule has 0 radical (unpaired) electrons. The standard InChI is InChI=1S/C11H16N2OS/c1-3-13-11(2,8-12)9-15-7-10-5-4-6-14-10/h4-6,13H,3,7,9H2,1-2H3. The smallest absolute Gasteiger partial charge is 0.113 e. The summed E-state index contributed by atoms with van der Waals surface area (Å²) in [5, 5.41) is 12.2. The van der Waals surface area contributed by atoms with Crippen LogP contribution in [0.2, 0.25) is 0 Å². The van der Waals surface area contributed by atoms with E-state index < -0.39 is 5.54 Å². The van der Waals surface area contributed by atoms with Gasteiger partial charge in [0, 0.05) is 5.75 Å². The lowest BCUT2D eigenvalue weighted by molar-refractivity contribution is 0.509. The van der Waals surface area contributed by atoms with E-state index in [0.29, 0.717) is 0 Å². The molecule has 1 N–H and O–H groups in total. The summed E-state index contributed by atoms with van der Waals surface area (Å²) >= 11 is 1.70. The van der Waals surface area contributed by atoms with E-state index in [1.807, 2.05) is 26.0 Å². The van der Waals surface area contributed by atoms with Crippen molar-refractivity contribution < 1.29 is 4.42 Å². The molecule has 0 saturated carbocycles. The Balaban J connectivity index is 2.32. The van der Waals surface area contributed by atoms with E-state index >= 15 is 0 Å². The Morgan fingerprint density at radius 2 is 2.47 bits per heavy atom. The zero-order valence-corrected chi connectivity index (χ0v) is 9.93. The van der Waals surface area contributed by atoms with E-state index in [9.17, 15) is 0 Å². The van der Waals surface area contributed by atoms with Gasteiger partial charge in [0.1, 0.15) is 11.3 Å². The third-order valence-electron chi connectivity index (χ3n) is 2.03. The topological polar surface area (TPSA) is 49.0 Å². The van der Waals surface area contributed by atoms with Gasteiger partial charge in [0.2, 0.25) is 0 Å². The number of hydrogen-bond acceptors (Lipinski definition) is 4. The Bertz CT molecular complexity index is 318. The van der Waals surface area contributed by atoms with Crippen molar-refractivity contribution >= 4 is 11.8 Å². The van der Waals surface area contributed by atoms with Gasteiger partial charge >= 0.3 is 0 Å². The van der Waals surface area contributed by atoms with E-state index in [1.165, 1.54) is 0 Å². The van der Waals surface area contributed by atoms with Crippen molar-refractivity contribution in [3.05, 3.63) is 24.2 Å². The number of nitrogens with zero attached hydrogens (tertiary/aromatic N) is 1. The van der Waals surface area contributed by atoms with Gasteiger partial charge in [-0.15, -0.1) is 0 Å². The number of thioether (sulfide) groups is 1. The van der Waals surface area contributed by atoms with Crippen LogP contribution in [-0.4, -0.2) is 17.8 Å². The van der Waals surface area contributed by atoms with Crippen LogP contribution in [0.1, 0.15) is 19.6 Å². The molecule has 82 valence electrons. The first-order valence-corrected chi connectivity index (χ1v) is 6.12. The maximum Gasteiger partial charge on any atom is 0.113 e. The minimum atomic E-state index is -0.438. The normalized spacial score (nSPS) is 14.5. The van der Waals surface area contributed by atoms with Crippen LogP contribution in [0.25, 0.3) is 0 Å². The Morgan fingerprint density at radius 1 is 1.67 bits per heavy atom. The second-order valence-electron chi connectivity index (χ2n) is 3.55. The second-order valence-corrected chi connectivity index (χ2v) is 4.53. The van der Waals surface area contributed by atoms with E-state index in [4.69, 9.17) is 9.68 Å². The quantitative estimate of drug-likeness (QED) is 0.806. The van der Waals surface area contributed by atoms with Crippen LogP contribution in [0, 0.1) is 11.3 Å². The maximum absolute atomic E-state index is 9.02. The number of nitriles is 1. The van der Waals surface area contributed by atoms with Gasteiger partial charge in [0.15, 0.2) is 0 Å². The van der Waals surface area contributed by atoms with Gasteiger partial charge in [-0.2, -0.15) is 17.0 Å². The Hall–Kier alpha value is -0.920. The SMILES string of the molecule is CCNC(C)(C#N)CSCc1ccco1. The van der Waals surface area contributed by atoms with E-state index in [2.05, 4.69) is 11.4 Å². The molecule has 0 saturated heterocycles. The molecule has 1 aromatic rings. The van der Waals surface area contributed by atoms with Crippen molar-refractivity contribution in [3.8, 4) is 6.07 Å². The van der Waals surface area contributed by atoms with E-state index in [-0.39, 0.29) is 0 Å². The zero-order chi connectivity index (χ0) is 11.1. The van der Waals surface area contributed by atoms with Crippen LogP contribution < -0.4 is 5.32 Å². The van der Waals surface area contributed by atoms with Crippen LogP contribution in [0.4, 0.5) is 0 Å².